The molecule has 0 saturated carbocycles. The molecule has 2 atom stereocenters. The smallest absolute Gasteiger partial charge is 0.410 e. The Kier molecular flexibility index (Phi) is 21.5. The largest absolute Gasteiger partial charge is 0.444 e. The first-order valence-electron chi connectivity index (χ1n) is 27.0. The summed E-state index contributed by atoms with van der Waals surface area (Å²) in [6.45, 7) is 20.2. The van der Waals surface area contributed by atoms with E-state index in [1.165, 1.54) is 0 Å². The van der Waals surface area contributed by atoms with Crippen LogP contribution in [0.15, 0.2) is 36.4 Å². The van der Waals surface area contributed by atoms with Crippen molar-refractivity contribution in [3.63, 3.8) is 0 Å². The second kappa shape index (κ2) is 27.2. The second-order valence-corrected chi connectivity index (χ2v) is 22.3. The molecule has 6 saturated heterocycles. The molecule has 8 aliphatic heterocycles. The fourth-order valence-electron chi connectivity index (χ4n) is 10.6. The molecule has 2 unspecified atom stereocenters. The van der Waals surface area contributed by atoms with Crippen molar-refractivity contribution in [2.24, 2.45) is 0 Å². The van der Waals surface area contributed by atoms with Gasteiger partial charge in [0, 0.05) is 140 Å². The Balaban J connectivity index is 0.000000211. The third-order valence-electron chi connectivity index (χ3n) is 14.6. The van der Waals surface area contributed by atoms with Crippen LogP contribution >= 0.6 is 22.6 Å². The number of amides is 10. The van der Waals surface area contributed by atoms with Gasteiger partial charge in [-0.05, 0) is 109 Å². The Morgan fingerprint density at radius 3 is 1.29 bits per heavy atom. The number of piperazine rings is 2. The number of hydrogen-bond donors (Lipinski definition) is 3. The summed E-state index contributed by atoms with van der Waals surface area (Å²) in [5.74, 6) is -3.66. The number of carbonyl (C=O) groups is 11. The first-order valence-corrected chi connectivity index (χ1v) is 29.1. The number of hydrogen-bond acceptors (Lipinski definition) is 17. The number of piperidine rings is 4. The average molecular weight is 1260 g/mol. The van der Waals surface area contributed by atoms with Gasteiger partial charge < -0.3 is 34.4 Å². The van der Waals surface area contributed by atoms with Crippen molar-refractivity contribution in [3.8, 4) is 0 Å². The molecule has 1 radical (unpaired) electrons. The quantitative estimate of drug-likeness (QED) is 0.219. The molecule has 2 aromatic rings. The summed E-state index contributed by atoms with van der Waals surface area (Å²) in [7, 11) is 0. The zero-order chi connectivity index (χ0) is 57.5. The molecule has 25 heteroatoms. The Morgan fingerprint density at radius 1 is 0.500 bits per heavy atom. The molecule has 0 bridgehead atoms. The predicted molar refractivity (Wildman–Crippen MR) is 298 cm³/mol. The molecular formula is C55H73IN10O13V. The third kappa shape index (κ3) is 15.3. The van der Waals surface area contributed by atoms with Gasteiger partial charge in [-0.1, -0.05) is 22.6 Å². The van der Waals surface area contributed by atoms with E-state index in [4.69, 9.17) is 9.47 Å². The minimum Gasteiger partial charge on any atom is -0.444 e. The standard InChI is InChI=1S/C27H35N5O6.C17H18N4O4.C10H17NO3.CH3I.V/c1-27(2,3)38-26(37)31-10-8-17(9-11-31)29-12-14-30(15-13-29)18-4-5-19-20(16-18)25(36)32(24(19)35)21-6-7-22(33)28-23(21)34;22-14-4-3-13(15(23)19-14)21-16(24)11-2-1-10(9-12(11)17(21)25)20-7-5-18-6-8-20;1-10(2,3)14-9(13)11-6-4-8(12)5-7-11;1-2;/h4-5,16-17,21H,6-15H2,1-3H3,(H,28,33,34);1-2,9,13,18H,3-8H2,(H,19,22,23);4-7H2,1-3H3;1H3;. The number of imide groups is 4. The van der Waals surface area contributed by atoms with Gasteiger partial charge in [0.1, 0.15) is 29.1 Å². The maximum Gasteiger partial charge on any atom is 0.410 e. The minimum atomic E-state index is -0.964. The fourth-order valence-corrected chi connectivity index (χ4v) is 10.6. The second-order valence-electron chi connectivity index (χ2n) is 22.3. The summed E-state index contributed by atoms with van der Waals surface area (Å²) in [5.41, 5.74) is 2.04. The van der Waals surface area contributed by atoms with Crippen LogP contribution in [0.2, 0.25) is 0 Å². The molecule has 23 nitrogen and oxygen atoms in total. The Bertz CT molecular complexity index is 2720. The van der Waals surface area contributed by atoms with Crippen LogP contribution in [0.5, 0.6) is 0 Å². The van der Waals surface area contributed by atoms with Crippen LogP contribution in [0.4, 0.5) is 21.0 Å². The number of benzene rings is 2. The van der Waals surface area contributed by atoms with Crippen molar-refractivity contribution >= 4 is 99.2 Å². The van der Waals surface area contributed by atoms with Crippen molar-refractivity contribution in [1.82, 2.24) is 40.4 Å². The van der Waals surface area contributed by atoms with E-state index < -0.39 is 64.6 Å². The maximum absolute atomic E-state index is 13.2. The van der Waals surface area contributed by atoms with E-state index in [1.54, 1.807) is 34.1 Å². The molecule has 6 fully saturated rings. The summed E-state index contributed by atoms with van der Waals surface area (Å²) < 4.78 is 10.7. The van der Waals surface area contributed by atoms with Crippen molar-refractivity contribution < 1.29 is 80.8 Å². The van der Waals surface area contributed by atoms with Gasteiger partial charge in [-0.2, -0.15) is 0 Å². The van der Waals surface area contributed by atoms with E-state index in [9.17, 15) is 52.7 Å². The van der Waals surface area contributed by atoms with Crippen LogP contribution in [0.1, 0.15) is 134 Å². The van der Waals surface area contributed by atoms with Crippen molar-refractivity contribution in [3.05, 3.63) is 58.7 Å². The fraction of sp³-hybridized carbons (Fsp3) is 0.582. The first-order chi connectivity index (χ1) is 37.5. The number of ether oxygens (including phenoxy) is 2. The molecule has 433 valence electrons. The minimum absolute atomic E-state index is 0. The molecule has 80 heavy (non-hydrogen) atoms. The Labute approximate surface area is 491 Å². The van der Waals surface area contributed by atoms with Gasteiger partial charge >= 0.3 is 12.2 Å². The molecule has 0 aliphatic carbocycles. The van der Waals surface area contributed by atoms with Gasteiger partial charge in [-0.3, -0.25) is 68.5 Å². The number of ketones is 1. The van der Waals surface area contributed by atoms with Gasteiger partial charge in [-0.15, -0.1) is 0 Å². The van der Waals surface area contributed by atoms with Gasteiger partial charge in [0.15, 0.2) is 0 Å². The van der Waals surface area contributed by atoms with Gasteiger partial charge in [0.2, 0.25) is 23.6 Å². The van der Waals surface area contributed by atoms with Crippen LogP contribution in [0.3, 0.4) is 0 Å². The van der Waals surface area contributed by atoms with Crippen LogP contribution < -0.4 is 25.8 Å². The normalized spacial score (nSPS) is 21.9. The number of nitrogens with zero attached hydrogens (tertiary/aromatic N) is 7. The van der Waals surface area contributed by atoms with Crippen molar-refractivity contribution in [2.45, 2.75) is 122 Å². The summed E-state index contributed by atoms with van der Waals surface area (Å²) >= 11 is 2.15. The first kappa shape index (κ1) is 63.2. The molecule has 0 aromatic heterocycles. The molecule has 10 rings (SSSR count). The number of fused-ring (bicyclic) bond motifs is 2. The number of likely N-dealkylation sites (tertiary alicyclic amines) is 2. The third-order valence-corrected chi connectivity index (χ3v) is 14.6. The van der Waals surface area contributed by atoms with Crippen molar-refractivity contribution in [2.75, 3.05) is 93.3 Å². The van der Waals surface area contributed by atoms with E-state index in [-0.39, 0.29) is 68.1 Å². The Morgan fingerprint density at radius 2 is 0.887 bits per heavy atom. The number of halogens is 1. The number of rotatable bonds is 5. The summed E-state index contributed by atoms with van der Waals surface area (Å²) in [6.07, 6.45) is 2.69. The predicted octanol–water partition coefficient (Wildman–Crippen LogP) is 3.74. The van der Waals surface area contributed by atoms with E-state index in [1.807, 2.05) is 58.6 Å². The van der Waals surface area contributed by atoms with Gasteiger partial charge in [0.05, 0.1) is 22.3 Å². The molecule has 2 aromatic carbocycles. The molecule has 10 amide bonds. The summed E-state index contributed by atoms with van der Waals surface area (Å²) in [6, 6.07) is 9.01. The van der Waals surface area contributed by atoms with Gasteiger partial charge in [-0.25, -0.2) is 9.59 Å². The molecule has 3 N–H and O–H groups in total. The van der Waals surface area contributed by atoms with E-state index >= 15 is 0 Å². The monoisotopic (exact) mass is 1260 g/mol. The van der Waals surface area contributed by atoms with Gasteiger partial charge in [0.25, 0.3) is 23.6 Å². The Hall–Kier alpha value is -5.96. The van der Waals surface area contributed by atoms with E-state index in [2.05, 4.69) is 53.2 Å². The van der Waals surface area contributed by atoms with Crippen LogP contribution in [0.25, 0.3) is 0 Å². The number of anilines is 2. The zero-order valence-electron chi connectivity index (χ0n) is 46.6. The summed E-state index contributed by atoms with van der Waals surface area (Å²) in [4.78, 5) is 148. The maximum atomic E-state index is 13.2. The molecule has 8 aliphatic rings. The van der Waals surface area contributed by atoms with Crippen LogP contribution in [0, 0.1) is 0 Å². The SMILES string of the molecule is CC(C)(C)OC(=O)N1CCC(=O)CC1.CC(C)(C)OC(=O)N1CCC(N2CCN(c3ccc4c(c3)C(=O)N(C3CCC(=O)NC3=O)C4=O)CC2)CC1.CI.O=C1CCC(N2C(=O)c3ccc(N4CCNCC4)cc3C2=O)C(=O)N1.[V]. The number of alkyl halides is 1. The van der Waals surface area contributed by atoms with E-state index in [0.29, 0.717) is 67.3 Å². The topological polar surface area (TPSA) is 265 Å². The zero-order valence-corrected chi connectivity index (χ0v) is 50.2. The summed E-state index contributed by atoms with van der Waals surface area (Å²) in [5, 5.41) is 7.69. The van der Waals surface area contributed by atoms with Crippen molar-refractivity contribution in [1.29, 1.82) is 0 Å². The number of nitrogens with one attached hydrogen (secondary N) is 3. The molecule has 8 heterocycles. The van der Waals surface area contributed by atoms with Crippen LogP contribution in [-0.2, 0) is 52.0 Å². The number of carbonyl (C=O) groups excluding carboxylic acids is 11. The molecule has 0 spiro atoms. The van der Waals surface area contributed by atoms with Crippen LogP contribution in [-0.4, -0.2) is 203 Å². The van der Waals surface area contributed by atoms with E-state index in [0.717, 1.165) is 86.4 Å². The molecular weight excluding hydrogens is 1190 g/mol. The number of Topliss-reactive ketones (excluding diaryl/α,β-unsaturated/α-hetero) is 1. The average Bonchev–Trinajstić information content (AvgIpc) is 4.07.